The summed E-state index contributed by atoms with van der Waals surface area (Å²) in [6.45, 7) is 4.19. The van der Waals surface area contributed by atoms with E-state index in [4.69, 9.17) is 20.9 Å². The van der Waals surface area contributed by atoms with E-state index < -0.39 is 12.1 Å². The molecule has 0 saturated heterocycles. The molecule has 0 saturated carbocycles. The number of hydrogen-bond donors (Lipinski definition) is 2. The van der Waals surface area contributed by atoms with Gasteiger partial charge < -0.3 is 20.9 Å². The van der Waals surface area contributed by atoms with Crippen LogP contribution in [0.4, 0.5) is 0 Å². The van der Waals surface area contributed by atoms with Crippen molar-refractivity contribution in [2.24, 2.45) is 11.5 Å². The molecule has 2 atom stereocenters. The summed E-state index contributed by atoms with van der Waals surface area (Å²) < 4.78 is 9.74. The van der Waals surface area contributed by atoms with Gasteiger partial charge in [-0.2, -0.15) is 0 Å². The van der Waals surface area contributed by atoms with Gasteiger partial charge in [-0.25, -0.2) is 0 Å². The Hall–Kier alpha value is -1.92. The fraction of sp³-hybridized carbons (Fsp3) is 0.500. The van der Waals surface area contributed by atoms with Crippen molar-refractivity contribution in [3.63, 3.8) is 0 Å². The highest BCUT2D eigenvalue weighted by Gasteiger charge is 2.15. The van der Waals surface area contributed by atoms with Gasteiger partial charge in [0.25, 0.3) is 0 Å². The van der Waals surface area contributed by atoms with Crippen molar-refractivity contribution >= 4 is 11.9 Å². The number of ether oxygens (including phenoxy) is 2. The van der Waals surface area contributed by atoms with Crippen LogP contribution in [0.3, 0.4) is 0 Å². The smallest absolute Gasteiger partial charge is 0.307 e. The van der Waals surface area contributed by atoms with Gasteiger partial charge in [-0.05, 0) is 25.0 Å². The number of carbonyl (C=O) groups is 2. The Balaban J connectivity index is 2.61. The van der Waals surface area contributed by atoms with Gasteiger partial charge in [-0.3, -0.25) is 9.59 Å². The molecule has 6 heteroatoms. The van der Waals surface area contributed by atoms with Crippen molar-refractivity contribution in [2.45, 2.75) is 38.8 Å². The summed E-state index contributed by atoms with van der Waals surface area (Å²) in [6.07, 6.45) is 0.254. The van der Waals surface area contributed by atoms with Gasteiger partial charge in [0.1, 0.15) is 0 Å². The zero-order chi connectivity index (χ0) is 16.5. The van der Waals surface area contributed by atoms with Crippen LogP contribution < -0.4 is 11.5 Å². The van der Waals surface area contributed by atoms with Gasteiger partial charge in [0, 0.05) is 12.1 Å². The minimum Gasteiger partial charge on any atom is -0.466 e. The first-order valence-electron chi connectivity index (χ1n) is 7.40. The summed E-state index contributed by atoms with van der Waals surface area (Å²) in [5.41, 5.74) is 13.6. The van der Waals surface area contributed by atoms with Gasteiger partial charge >= 0.3 is 11.9 Å². The van der Waals surface area contributed by atoms with Crippen LogP contribution in [0.2, 0.25) is 0 Å². The van der Waals surface area contributed by atoms with E-state index in [1.807, 2.05) is 24.3 Å². The number of nitrogens with two attached hydrogens (primary N) is 2. The molecule has 0 aliphatic heterocycles. The van der Waals surface area contributed by atoms with Gasteiger partial charge in [0.05, 0.1) is 26.1 Å². The molecule has 0 aromatic heterocycles. The summed E-state index contributed by atoms with van der Waals surface area (Å²) in [5, 5.41) is 0. The average molecular weight is 308 g/mol. The SMILES string of the molecule is CCOC(=O)CC(N)c1ccc(C(N)CC(=O)OCC)cc1. The average Bonchev–Trinajstić information content (AvgIpc) is 2.47. The zero-order valence-electron chi connectivity index (χ0n) is 13.1. The molecular weight excluding hydrogens is 284 g/mol. The summed E-state index contributed by atoms with van der Waals surface area (Å²) >= 11 is 0. The van der Waals surface area contributed by atoms with Crippen LogP contribution >= 0.6 is 0 Å². The molecule has 0 spiro atoms. The van der Waals surface area contributed by atoms with Crippen molar-refractivity contribution in [1.29, 1.82) is 0 Å². The number of hydrogen-bond acceptors (Lipinski definition) is 6. The highest BCUT2D eigenvalue weighted by atomic mass is 16.5. The van der Waals surface area contributed by atoms with Crippen LogP contribution in [0.15, 0.2) is 24.3 Å². The topological polar surface area (TPSA) is 105 Å². The van der Waals surface area contributed by atoms with E-state index in [-0.39, 0.29) is 24.8 Å². The Morgan fingerprint density at radius 1 is 0.864 bits per heavy atom. The Morgan fingerprint density at radius 2 is 1.18 bits per heavy atom. The summed E-state index contributed by atoms with van der Waals surface area (Å²) in [6, 6.07) is 6.40. The number of rotatable bonds is 8. The normalized spacial score (nSPS) is 13.3. The molecule has 122 valence electrons. The lowest BCUT2D eigenvalue weighted by molar-refractivity contribution is -0.144. The molecule has 2 unspecified atom stereocenters. The number of benzene rings is 1. The molecule has 4 N–H and O–H groups in total. The fourth-order valence-electron chi connectivity index (χ4n) is 2.03. The highest BCUT2D eigenvalue weighted by Crippen LogP contribution is 2.20. The molecule has 0 amide bonds. The van der Waals surface area contributed by atoms with Crippen molar-refractivity contribution < 1.29 is 19.1 Å². The molecule has 0 fully saturated rings. The van der Waals surface area contributed by atoms with Crippen molar-refractivity contribution in [3.05, 3.63) is 35.4 Å². The summed E-state index contributed by atoms with van der Waals surface area (Å²) in [5.74, 6) is -0.642. The van der Waals surface area contributed by atoms with Gasteiger partial charge in [0.15, 0.2) is 0 Å². The Morgan fingerprint density at radius 3 is 1.45 bits per heavy atom. The lowest BCUT2D eigenvalue weighted by Crippen LogP contribution is -2.19. The molecule has 0 aliphatic carbocycles. The molecule has 0 bridgehead atoms. The number of esters is 2. The highest BCUT2D eigenvalue weighted by molar-refractivity contribution is 5.71. The molecule has 1 aromatic carbocycles. The molecule has 1 rings (SSSR count). The largest absolute Gasteiger partial charge is 0.466 e. The second-order valence-electron chi connectivity index (χ2n) is 4.90. The number of carbonyl (C=O) groups excluding carboxylic acids is 2. The fourth-order valence-corrected chi connectivity index (χ4v) is 2.03. The minimum atomic E-state index is -0.422. The quantitative estimate of drug-likeness (QED) is 0.707. The molecular formula is C16H24N2O4. The summed E-state index contributed by atoms with van der Waals surface area (Å²) in [7, 11) is 0. The van der Waals surface area contributed by atoms with Crippen LogP contribution in [-0.4, -0.2) is 25.2 Å². The molecule has 22 heavy (non-hydrogen) atoms. The van der Waals surface area contributed by atoms with E-state index in [9.17, 15) is 9.59 Å². The molecule has 0 radical (unpaired) electrons. The summed E-state index contributed by atoms with van der Waals surface area (Å²) in [4.78, 5) is 22.8. The Bertz CT molecular complexity index is 442. The lowest BCUT2D eigenvalue weighted by atomic mass is 9.99. The second kappa shape index (κ2) is 9.17. The first-order chi connectivity index (χ1) is 10.5. The molecule has 0 heterocycles. The van der Waals surface area contributed by atoms with Crippen LogP contribution in [0, 0.1) is 0 Å². The van der Waals surface area contributed by atoms with Crippen LogP contribution in [-0.2, 0) is 19.1 Å². The Kier molecular flexibility index (Phi) is 7.56. The third-order valence-electron chi connectivity index (χ3n) is 3.18. The maximum atomic E-state index is 11.4. The first kappa shape index (κ1) is 18.1. The third-order valence-corrected chi connectivity index (χ3v) is 3.18. The van der Waals surface area contributed by atoms with Crippen molar-refractivity contribution in [2.75, 3.05) is 13.2 Å². The maximum absolute atomic E-state index is 11.4. The third kappa shape index (κ3) is 5.83. The van der Waals surface area contributed by atoms with Crippen LogP contribution in [0.1, 0.15) is 49.9 Å². The predicted molar refractivity (Wildman–Crippen MR) is 82.8 cm³/mol. The van der Waals surface area contributed by atoms with Gasteiger partial charge in [-0.15, -0.1) is 0 Å². The molecule has 1 aromatic rings. The van der Waals surface area contributed by atoms with Crippen LogP contribution in [0.5, 0.6) is 0 Å². The standard InChI is InChI=1S/C16H24N2O4/c1-3-21-15(19)9-13(17)11-5-7-12(8-6-11)14(18)10-16(20)22-4-2/h5-8,13-14H,3-4,9-10,17-18H2,1-2H3. The van der Waals surface area contributed by atoms with Gasteiger partial charge in [0.2, 0.25) is 0 Å². The first-order valence-corrected chi connectivity index (χ1v) is 7.40. The van der Waals surface area contributed by atoms with E-state index in [0.29, 0.717) is 13.2 Å². The van der Waals surface area contributed by atoms with Crippen LogP contribution in [0.25, 0.3) is 0 Å². The van der Waals surface area contributed by atoms with Gasteiger partial charge in [-0.1, -0.05) is 24.3 Å². The van der Waals surface area contributed by atoms with E-state index in [1.165, 1.54) is 0 Å². The molecule has 0 aliphatic rings. The van der Waals surface area contributed by atoms with E-state index in [0.717, 1.165) is 11.1 Å². The van der Waals surface area contributed by atoms with E-state index >= 15 is 0 Å². The zero-order valence-corrected chi connectivity index (χ0v) is 13.1. The minimum absolute atomic E-state index is 0.127. The second-order valence-corrected chi connectivity index (χ2v) is 4.90. The molecule has 6 nitrogen and oxygen atoms in total. The lowest BCUT2D eigenvalue weighted by Gasteiger charge is -2.14. The van der Waals surface area contributed by atoms with Crippen molar-refractivity contribution in [3.8, 4) is 0 Å². The van der Waals surface area contributed by atoms with E-state index in [1.54, 1.807) is 13.8 Å². The maximum Gasteiger partial charge on any atom is 0.307 e. The van der Waals surface area contributed by atoms with E-state index in [2.05, 4.69) is 0 Å². The monoisotopic (exact) mass is 308 g/mol. The predicted octanol–water partition coefficient (Wildman–Crippen LogP) is 1.59. The Labute approximate surface area is 130 Å². The van der Waals surface area contributed by atoms with Crippen molar-refractivity contribution in [1.82, 2.24) is 0 Å².